The molecule has 1 rings (SSSR count). The average molecular weight is 171 g/mol. The summed E-state index contributed by atoms with van der Waals surface area (Å²) < 4.78 is 5.76. The Kier molecular flexibility index (Phi) is 3.53. The molecule has 0 spiro atoms. The molecule has 0 amide bonds. The Bertz CT molecular complexity index is 134. The summed E-state index contributed by atoms with van der Waals surface area (Å²) in [6, 6.07) is 0.744. The second-order valence-corrected chi connectivity index (χ2v) is 4.24. The van der Waals surface area contributed by atoms with Crippen molar-refractivity contribution in [2.75, 3.05) is 14.1 Å². The molecule has 72 valence electrons. The number of rotatable bonds is 3. The monoisotopic (exact) mass is 171 g/mol. The minimum atomic E-state index is 0.385. The third kappa shape index (κ3) is 2.76. The predicted octanol–water partition coefficient (Wildman–Crippen LogP) is 1.89. The van der Waals surface area contributed by atoms with Gasteiger partial charge in [-0.15, -0.1) is 0 Å². The van der Waals surface area contributed by atoms with Crippen molar-refractivity contribution in [3.63, 3.8) is 0 Å². The van der Waals surface area contributed by atoms with Gasteiger partial charge in [0.15, 0.2) is 0 Å². The van der Waals surface area contributed by atoms with Crippen molar-refractivity contribution in [3.05, 3.63) is 0 Å². The van der Waals surface area contributed by atoms with Crippen LogP contribution < -0.4 is 0 Å². The molecule has 12 heavy (non-hydrogen) atoms. The lowest BCUT2D eigenvalue weighted by Crippen LogP contribution is -2.26. The molecule has 1 aliphatic carbocycles. The van der Waals surface area contributed by atoms with E-state index in [1.807, 2.05) is 0 Å². The Labute approximate surface area is 75.9 Å². The predicted molar refractivity (Wildman–Crippen MR) is 51.3 cm³/mol. The highest BCUT2D eigenvalue weighted by Crippen LogP contribution is 2.25. The van der Waals surface area contributed by atoms with E-state index in [2.05, 4.69) is 32.8 Å². The van der Waals surface area contributed by atoms with Crippen LogP contribution in [-0.2, 0) is 4.74 Å². The lowest BCUT2D eigenvalue weighted by atomic mass is 10.2. The zero-order valence-electron chi connectivity index (χ0n) is 8.71. The number of nitrogens with zero attached hydrogens (tertiary/aromatic N) is 1. The summed E-state index contributed by atoms with van der Waals surface area (Å²) in [5.41, 5.74) is 0. The van der Waals surface area contributed by atoms with Gasteiger partial charge in [-0.2, -0.15) is 0 Å². The van der Waals surface area contributed by atoms with Gasteiger partial charge in [-0.3, -0.25) is 0 Å². The molecule has 0 aromatic rings. The molecule has 0 aromatic heterocycles. The van der Waals surface area contributed by atoms with Crippen LogP contribution in [0.4, 0.5) is 0 Å². The first-order valence-corrected chi connectivity index (χ1v) is 4.91. The van der Waals surface area contributed by atoms with Crippen molar-refractivity contribution >= 4 is 0 Å². The molecule has 0 radical (unpaired) electrons. The number of hydrogen-bond acceptors (Lipinski definition) is 2. The summed E-state index contributed by atoms with van der Waals surface area (Å²) in [4.78, 5) is 2.31. The molecule has 2 atom stereocenters. The van der Waals surface area contributed by atoms with E-state index >= 15 is 0 Å². The van der Waals surface area contributed by atoms with Gasteiger partial charge in [-0.05, 0) is 47.2 Å². The normalized spacial score (nSPS) is 30.5. The van der Waals surface area contributed by atoms with Crippen LogP contribution in [0.25, 0.3) is 0 Å². The minimum Gasteiger partial charge on any atom is -0.376 e. The molecule has 2 unspecified atom stereocenters. The van der Waals surface area contributed by atoms with Gasteiger partial charge in [0.2, 0.25) is 0 Å². The fourth-order valence-corrected chi connectivity index (χ4v) is 1.89. The van der Waals surface area contributed by atoms with E-state index in [1.165, 1.54) is 19.3 Å². The van der Waals surface area contributed by atoms with Gasteiger partial charge in [-0.25, -0.2) is 0 Å². The standard InChI is InChI=1S/C10H21NO/c1-8(2)12-10-6-5-9(7-10)11(3)4/h8-10H,5-7H2,1-4H3. The molecule has 0 aromatic carbocycles. The summed E-state index contributed by atoms with van der Waals surface area (Å²) >= 11 is 0. The molecular formula is C10H21NO. The van der Waals surface area contributed by atoms with Crippen molar-refractivity contribution in [2.24, 2.45) is 0 Å². The van der Waals surface area contributed by atoms with Crippen molar-refractivity contribution < 1.29 is 4.74 Å². The average Bonchev–Trinajstić information content (AvgIpc) is 2.34. The molecular weight excluding hydrogens is 150 g/mol. The molecule has 2 heteroatoms. The van der Waals surface area contributed by atoms with E-state index < -0.39 is 0 Å². The van der Waals surface area contributed by atoms with Crippen molar-refractivity contribution in [3.8, 4) is 0 Å². The van der Waals surface area contributed by atoms with E-state index in [4.69, 9.17) is 4.74 Å². The Balaban J connectivity index is 2.26. The SMILES string of the molecule is CC(C)OC1CCC(N(C)C)C1. The maximum Gasteiger partial charge on any atom is 0.0594 e. The second kappa shape index (κ2) is 4.24. The first kappa shape index (κ1) is 10.0. The van der Waals surface area contributed by atoms with Crippen LogP contribution in [0, 0.1) is 0 Å². The summed E-state index contributed by atoms with van der Waals surface area (Å²) in [7, 11) is 4.31. The van der Waals surface area contributed by atoms with Crippen LogP contribution >= 0.6 is 0 Å². The van der Waals surface area contributed by atoms with Crippen molar-refractivity contribution in [1.29, 1.82) is 0 Å². The molecule has 1 saturated carbocycles. The van der Waals surface area contributed by atoms with Crippen LogP contribution in [0.5, 0.6) is 0 Å². The van der Waals surface area contributed by atoms with Crippen LogP contribution in [0.15, 0.2) is 0 Å². The fourth-order valence-electron chi connectivity index (χ4n) is 1.89. The minimum absolute atomic E-state index is 0.385. The molecule has 1 aliphatic rings. The van der Waals surface area contributed by atoms with Crippen LogP contribution in [-0.4, -0.2) is 37.2 Å². The molecule has 1 fully saturated rings. The Hall–Kier alpha value is -0.0800. The van der Waals surface area contributed by atoms with Gasteiger partial charge in [0.05, 0.1) is 12.2 Å². The Morgan fingerprint density at radius 2 is 1.92 bits per heavy atom. The largest absolute Gasteiger partial charge is 0.376 e. The summed E-state index contributed by atoms with van der Waals surface area (Å²) in [5.74, 6) is 0. The highest BCUT2D eigenvalue weighted by Gasteiger charge is 2.26. The smallest absolute Gasteiger partial charge is 0.0594 e. The van der Waals surface area contributed by atoms with Gasteiger partial charge >= 0.3 is 0 Å². The van der Waals surface area contributed by atoms with E-state index in [-0.39, 0.29) is 0 Å². The lowest BCUT2D eigenvalue weighted by molar-refractivity contribution is 0.00926. The third-order valence-corrected chi connectivity index (χ3v) is 2.55. The van der Waals surface area contributed by atoms with Gasteiger partial charge < -0.3 is 9.64 Å². The zero-order chi connectivity index (χ0) is 9.14. The summed E-state index contributed by atoms with van der Waals surface area (Å²) in [6.07, 6.45) is 4.64. The van der Waals surface area contributed by atoms with Gasteiger partial charge in [0.1, 0.15) is 0 Å². The molecule has 0 bridgehead atoms. The number of ether oxygens (including phenoxy) is 1. The van der Waals surface area contributed by atoms with Gasteiger partial charge in [0, 0.05) is 6.04 Å². The Morgan fingerprint density at radius 3 is 2.33 bits per heavy atom. The topological polar surface area (TPSA) is 12.5 Å². The van der Waals surface area contributed by atoms with E-state index in [0.29, 0.717) is 12.2 Å². The van der Waals surface area contributed by atoms with Crippen LogP contribution in [0.3, 0.4) is 0 Å². The molecule has 0 N–H and O–H groups in total. The second-order valence-electron chi connectivity index (χ2n) is 4.24. The molecule has 0 aliphatic heterocycles. The Morgan fingerprint density at radius 1 is 1.25 bits per heavy atom. The van der Waals surface area contributed by atoms with Crippen molar-refractivity contribution in [1.82, 2.24) is 4.90 Å². The summed E-state index contributed by atoms with van der Waals surface area (Å²) in [5, 5.41) is 0. The zero-order valence-corrected chi connectivity index (χ0v) is 8.71. The van der Waals surface area contributed by atoms with Crippen molar-refractivity contribution in [2.45, 2.75) is 51.4 Å². The first-order valence-electron chi connectivity index (χ1n) is 4.91. The van der Waals surface area contributed by atoms with Gasteiger partial charge in [0.25, 0.3) is 0 Å². The maximum atomic E-state index is 5.76. The third-order valence-electron chi connectivity index (χ3n) is 2.55. The highest BCUT2D eigenvalue weighted by atomic mass is 16.5. The maximum absolute atomic E-state index is 5.76. The highest BCUT2D eigenvalue weighted by molar-refractivity contribution is 4.81. The summed E-state index contributed by atoms with van der Waals surface area (Å²) in [6.45, 7) is 4.23. The van der Waals surface area contributed by atoms with Crippen LogP contribution in [0.2, 0.25) is 0 Å². The van der Waals surface area contributed by atoms with Gasteiger partial charge in [-0.1, -0.05) is 0 Å². The molecule has 0 heterocycles. The van der Waals surface area contributed by atoms with Crippen LogP contribution in [0.1, 0.15) is 33.1 Å². The van der Waals surface area contributed by atoms with E-state index in [1.54, 1.807) is 0 Å². The first-order chi connectivity index (χ1) is 5.59. The quantitative estimate of drug-likeness (QED) is 0.643. The molecule has 2 nitrogen and oxygen atoms in total. The van der Waals surface area contributed by atoms with E-state index in [0.717, 1.165) is 6.04 Å². The number of hydrogen-bond donors (Lipinski definition) is 0. The fraction of sp³-hybridized carbons (Fsp3) is 1.00. The molecule has 0 saturated heterocycles. The lowest BCUT2D eigenvalue weighted by Gasteiger charge is -2.19. The van der Waals surface area contributed by atoms with E-state index in [9.17, 15) is 0 Å².